The van der Waals surface area contributed by atoms with Crippen LogP contribution in [0.1, 0.15) is 31.1 Å². The topological polar surface area (TPSA) is 80.6 Å². The second-order valence-electron chi connectivity index (χ2n) is 5.78. The molecule has 0 aliphatic heterocycles. The molecule has 1 heterocycles. The average Bonchev–Trinajstić information content (AvgIpc) is 3.20. The molecule has 0 bridgehead atoms. The summed E-state index contributed by atoms with van der Waals surface area (Å²) in [7, 11) is 1.59. The third-order valence-corrected chi connectivity index (χ3v) is 3.69. The van der Waals surface area contributed by atoms with E-state index in [-0.39, 0.29) is 11.6 Å². The Morgan fingerprint density at radius 1 is 1.19 bits per heavy atom. The van der Waals surface area contributed by atoms with Gasteiger partial charge in [-0.2, -0.15) is 0 Å². The molecule has 1 aromatic heterocycles. The van der Waals surface area contributed by atoms with E-state index >= 15 is 0 Å². The van der Waals surface area contributed by atoms with Gasteiger partial charge in [-0.15, -0.1) is 0 Å². The molecule has 1 aromatic carbocycles. The molecule has 27 heavy (non-hydrogen) atoms. The van der Waals surface area contributed by atoms with Gasteiger partial charge in [-0.05, 0) is 48.4 Å². The quantitative estimate of drug-likeness (QED) is 0.525. The third kappa shape index (κ3) is 6.86. The molecular formula is C21H24N2O4. The molecule has 0 spiro atoms. The van der Waals surface area contributed by atoms with Gasteiger partial charge in [0.25, 0.3) is 5.91 Å². The van der Waals surface area contributed by atoms with Gasteiger partial charge in [-0.1, -0.05) is 25.5 Å². The number of unbranched alkanes of at least 4 members (excludes halogenated alkanes) is 1. The van der Waals surface area contributed by atoms with Crippen molar-refractivity contribution in [1.82, 2.24) is 10.6 Å². The van der Waals surface area contributed by atoms with Gasteiger partial charge in [-0.25, -0.2) is 0 Å². The Labute approximate surface area is 158 Å². The van der Waals surface area contributed by atoms with Gasteiger partial charge in [0, 0.05) is 12.6 Å². The van der Waals surface area contributed by atoms with Crippen molar-refractivity contribution in [2.45, 2.75) is 19.8 Å². The van der Waals surface area contributed by atoms with Crippen LogP contribution in [-0.4, -0.2) is 25.5 Å². The number of furan rings is 1. The van der Waals surface area contributed by atoms with Crippen molar-refractivity contribution in [3.05, 3.63) is 65.8 Å². The lowest BCUT2D eigenvalue weighted by molar-refractivity contribution is -0.121. The molecule has 0 aliphatic carbocycles. The zero-order valence-electron chi connectivity index (χ0n) is 15.5. The Morgan fingerprint density at radius 2 is 1.96 bits per heavy atom. The lowest BCUT2D eigenvalue weighted by atomic mass is 10.1. The van der Waals surface area contributed by atoms with Gasteiger partial charge < -0.3 is 19.8 Å². The average molecular weight is 368 g/mol. The van der Waals surface area contributed by atoms with Crippen LogP contribution in [0.3, 0.4) is 0 Å². The molecule has 0 saturated carbocycles. The summed E-state index contributed by atoms with van der Waals surface area (Å²) >= 11 is 0. The van der Waals surface area contributed by atoms with Crippen molar-refractivity contribution in [2.75, 3.05) is 13.7 Å². The molecule has 0 fully saturated rings. The van der Waals surface area contributed by atoms with Crippen molar-refractivity contribution >= 4 is 24.0 Å². The predicted octanol–water partition coefficient (Wildman–Crippen LogP) is 3.38. The number of nitrogens with one attached hydrogen (secondary N) is 2. The number of carbonyl (C=O) groups excluding carboxylic acids is 2. The molecule has 6 nitrogen and oxygen atoms in total. The summed E-state index contributed by atoms with van der Waals surface area (Å²) in [6.07, 6.45) is 7.84. The van der Waals surface area contributed by atoms with Gasteiger partial charge in [0.1, 0.15) is 17.2 Å². The normalized spacial score (nSPS) is 11.4. The number of hydrogen-bond acceptors (Lipinski definition) is 4. The summed E-state index contributed by atoms with van der Waals surface area (Å²) < 4.78 is 10.3. The summed E-state index contributed by atoms with van der Waals surface area (Å²) in [5, 5.41) is 5.45. The van der Waals surface area contributed by atoms with E-state index in [1.807, 2.05) is 19.1 Å². The number of benzene rings is 1. The molecule has 6 heteroatoms. The fourth-order valence-corrected chi connectivity index (χ4v) is 2.22. The van der Waals surface area contributed by atoms with E-state index in [0.717, 1.165) is 18.4 Å². The third-order valence-electron chi connectivity index (χ3n) is 3.69. The van der Waals surface area contributed by atoms with Crippen LogP contribution in [0.2, 0.25) is 0 Å². The first-order valence-corrected chi connectivity index (χ1v) is 8.79. The van der Waals surface area contributed by atoms with Crippen molar-refractivity contribution < 1.29 is 18.7 Å². The van der Waals surface area contributed by atoms with Crippen LogP contribution in [0.5, 0.6) is 5.75 Å². The van der Waals surface area contributed by atoms with Crippen molar-refractivity contribution in [3.63, 3.8) is 0 Å². The van der Waals surface area contributed by atoms with E-state index in [4.69, 9.17) is 9.15 Å². The Hall–Kier alpha value is -3.28. The predicted molar refractivity (Wildman–Crippen MR) is 105 cm³/mol. The number of methoxy groups -OCH3 is 1. The smallest absolute Gasteiger partial charge is 0.267 e. The molecule has 2 rings (SSSR count). The first kappa shape index (κ1) is 20.0. The van der Waals surface area contributed by atoms with E-state index in [1.54, 1.807) is 37.5 Å². The maximum atomic E-state index is 12.5. The van der Waals surface area contributed by atoms with Crippen molar-refractivity contribution in [3.8, 4) is 5.75 Å². The molecule has 0 saturated heterocycles. The number of amides is 2. The number of hydrogen-bond donors (Lipinski definition) is 2. The number of rotatable bonds is 9. The highest BCUT2D eigenvalue weighted by Crippen LogP contribution is 2.13. The van der Waals surface area contributed by atoms with E-state index in [2.05, 4.69) is 10.6 Å². The second-order valence-corrected chi connectivity index (χ2v) is 5.78. The number of ether oxygens (including phenoxy) is 1. The van der Waals surface area contributed by atoms with E-state index in [9.17, 15) is 9.59 Å². The molecule has 2 N–H and O–H groups in total. The molecule has 2 aromatic rings. The lowest BCUT2D eigenvalue weighted by Gasteiger charge is -2.10. The van der Waals surface area contributed by atoms with Gasteiger partial charge in [-0.3, -0.25) is 9.59 Å². The molecule has 0 aliphatic rings. The summed E-state index contributed by atoms with van der Waals surface area (Å²) in [6.45, 7) is 2.59. The second kappa shape index (κ2) is 10.7. The van der Waals surface area contributed by atoms with Crippen LogP contribution in [0.4, 0.5) is 0 Å². The molecular weight excluding hydrogens is 344 g/mol. The van der Waals surface area contributed by atoms with Gasteiger partial charge in [0.05, 0.1) is 13.4 Å². The van der Waals surface area contributed by atoms with Crippen LogP contribution in [0, 0.1) is 0 Å². The van der Waals surface area contributed by atoms with E-state index in [0.29, 0.717) is 18.1 Å². The van der Waals surface area contributed by atoms with Crippen LogP contribution < -0.4 is 15.4 Å². The zero-order valence-corrected chi connectivity index (χ0v) is 15.5. The first-order chi connectivity index (χ1) is 13.1. The number of carbonyl (C=O) groups is 2. The highest BCUT2D eigenvalue weighted by atomic mass is 16.5. The summed E-state index contributed by atoms with van der Waals surface area (Å²) in [4.78, 5) is 24.6. The Morgan fingerprint density at radius 3 is 2.59 bits per heavy atom. The highest BCUT2D eigenvalue weighted by Gasteiger charge is 2.11. The molecule has 0 unspecified atom stereocenters. The molecule has 2 amide bonds. The monoisotopic (exact) mass is 368 g/mol. The zero-order chi connectivity index (χ0) is 19.5. The van der Waals surface area contributed by atoms with Gasteiger partial charge in [0.2, 0.25) is 5.91 Å². The Balaban J connectivity index is 2.13. The van der Waals surface area contributed by atoms with Crippen LogP contribution in [0.15, 0.2) is 58.9 Å². The van der Waals surface area contributed by atoms with Crippen molar-refractivity contribution in [2.24, 2.45) is 0 Å². The maximum Gasteiger partial charge on any atom is 0.267 e. The Bertz CT molecular complexity index is 790. The fraction of sp³-hybridized carbons (Fsp3) is 0.238. The van der Waals surface area contributed by atoms with Crippen molar-refractivity contribution in [1.29, 1.82) is 0 Å². The molecule has 0 atom stereocenters. The molecule has 142 valence electrons. The van der Waals surface area contributed by atoms with Gasteiger partial charge in [0.15, 0.2) is 0 Å². The first-order valence-electron chi connectivity index (χ1n) is 8.79. The van der Waals surface area contributed by atoms with E-state index < -0.39 is 5.91 Å². The standard InChI is InChI=1S/C21H24N2O4/c1-3-4-13-22-21(25)19(15-16-7-9-17(26-2)10-8-16)23-20(24)12-11-18-6-5-14-27-18/h5-12,14-15H,3-4,13H2,1-2H3,(H,22,25)(H,23,24)/b12-11+,19-15+. The van der Waals surface area contributed by atoms with Gasteiger partial charge >= 0.3 is 0 Å². The minimum Gasteiger partial charge on any atom is -0.497 e. The minimum absolute atomic E-state index is 0.172. The van der Waals surface area contributed by atoms with Crippen LogP contribution in [0.25, 0.3) is 12.2 Å². The largest absolute Gasteiger partial charge is 0.497 e. The lowest BCUT2D eigenvalue weighted by Crippen LogP contribution is -2.34. The summed E-state index contributed by atoms with van der Waals surface area (Å²) in [5.41, 5.74) is 0.942. The van der Waals surface area contributed by atoms with E-state index in [1.165, 1.54) is 18.4 Å². The SMILES string of the molecule is CCCCNC(=O)/C(=C\c1ccc(OC)cc1)NC(=O)/C=C/c1ccco1. The van der Waals surface area contributed by atoms with Crippen LogP contribution >= 0.6 is 0 Å². The molecule has 0 radical (unpaired) electrons. The highest BCUT2D eigenvalue weighted by molar-refractivity contribution is 6.04. The Kier molecular flexibility index (Phi) is 7.91. The minimum atomic E-state index is -0.420. The fourth-order valence-electron chi connectivity index (χ4n) is 2.22. The summed E-state index contributed by atoms with van der Waals surface area (Å²) in [5.74, 6) is 0.514. The maximum absolute atomic E-state index is 12.5. The van der Waals surface area contributed by atoms with Crippen LogP contribution in [-0.2, 0) is 9.59 Å². The summed E-state index contributed by atoms with van der Waals surface area (Å²) in [6, 6.07) is 10.7.